The van der Waals surface area contributed by atoms with Crippen LogP contribution in [0.2, 0.25) is 0 Å². The molecule has 0 bridgehead atoms. The molecule has 0 saturated heterocycles. The first-order chi connectivity index (χ1) is 6.20. The van der Waals surface area contributed by atoms with Crippen LogP contribution in [0.3, 0.4) is 0 Å². The molecule has 0 aliphatic rings. The summed E-state index contributed by atoms with van der Waals surface area (Å²) in [5.74, 6) is 0. The van der Waals surface area contributed by atoms with Gasteiger partial charge in [0.1, 0.15) is 0 Å². The van der Waals surface area contributed by atoms with Crippen molar-refractivity contribution in [2.45, 2.75) is 6.16 Å². The molecule has 6 heteroatoms. The molecule has 3 nitrogen and oxygen atoms in total. The minimum Gasteiger partial charge on any atom is -0.257 e. The van der Waals surface area contributed by atoms with E-state index in [1.54, 1.807) is 12.1 Å². The molecular formula is C7H7Cl2O3P. The second-order valence-electron chi connectivity index (χ2n) is 2.39. The summed E-state index contributed by atoms with van der Waals surface area (Å²) in [5, 5.41) is 0. The Morgan fingerprint density at radius 3 is 2.15 bits per heavy atom. The fraction of sp³-hybridized carbons (Fsp3) is 0.143. The molecule has 0 aromatic heterocycles. The molecule has 0 saturated carbocycles. The summed E-state index contributed by atoms with van der Waals surface area (Å²) < 4.78 is 19.7. The Kier molecular flexibility index (Phi) is 4.23. The van der Waals surface area contributed by atoms with Gasteiger partial charge >= 0.3 is 7.60 Å². The maximum Gasteiger partial charge on any atom is 0.367 e. The Balaban J connectivity index is 2.74. The minimum atomic E-state index is -3.37. The van der Waals surface area contributed by atoms with Crippen molar-refractivity contribution in [3.05, 3.63) is 35.9 Å². The predicted molar refractivity (Wildman–Crippen MR) is 51.6 cm³/mol. The molecule has 1 aromatic rings. The first-order valence-corrected chi connectivity index (χ1v) is 5.78. The van der Waals surface area contributed by atoms with E-state index < -0.39 is 7.60 Å². The van der Waals surface area contributed by atoms with Gasteiger partial charge in [-0.3, -0.25) is 4.57 Å². The van der Waals surface area contributed by atoms with Gasteiger partial charge < -0.3 is 0 Å². The molecule has 0 radical (unpaired) electrons. The Labute approximate surface area is 86.4 Å². The first kappa shape index (κ1) is 11.0. The van der Waals surface area contributed by atoms with Crippen LogP contribution in [0, 0.1) is 0 Å². The lowest BCUT2D eigenvalue weighted by Crippen LogP contribution is -1.88. The maximum absolute atomic E-state index is 11.4. The van der Waals surface area contributed by atoms with E-state index in [1.165, 1.54) is 0 Å². The van der Waals surface area contributed by atoms with Crippen molar-refractivity contribution >= 4 is 31.3 Å². The highest BCUT2D eigenvalue weighted by Crippen LogP contribution is 2.53. The van der Waals surface area contributed by atoms with E-state index in [-0.39, 0.29) is 6.16 Å². The number of hydrogen-bond donors (Lipinski definition) is 0. The lowest BCUT2D eigenvalue weighted by Gasteiger charge is -2.08. The van der Waals surface area contributed by atoms with E-state index in [9.17, 15) is 4.57 Å². The zero-order chi connectivity index (χ0) is 9.73. The third-order valence-electron chi connectivity index (χ3n) is 1.43. The SMILES string of the molecule is O=P(Cc1ccccc1)(OCl)OCl. The van der Waals surface area contributed by atoms with Gasteiger partial charge in [0.25, 0.3) is 0 Å². The van der Waals surface area contributed by atoms with Crippen LogP contribution in [0.25, 0.3) is 0 Å². The van der Waals surface area contributed by atoms with Gasteiger partial charge in [0.15, 0.2) is 0 Å². The Hall–Kier alpha value is -0.0500. The number of hydrogen-bond acceptors (Lipinski definition) is 3. The van der Waals surface area contributed by atoms with E-state index in [0.29, 0.717) is 0 Å². The summed E-state index contributed by atoms with van der Waals surface area (Å²) >= 11 is 9.97. The molecule has 0 fully saturated rings. The molecule has 0 unspecified atom stereocenters. The van der Waals surface area contributed by atoms with Gasteiger partial charge in [0.05, 0.1) is 29.9 Å². The van der Waals surface area contributed by atoms with Crippen molar-refractivity contribution in [1.29, 1.82) is 0 Å². The molecule has 1 rings (SSSR count). The lowest BCUT2D eigenvalue weighted by molar-refractivity contribution is 0.414. The van der Waals surface area contributed by atoms with Crippen LogP contribution in [0.15, 0.2) is 30.3 Å². The van der Waals surface area contributed by atoms with Crippen LogP contribution in [0.4, 0.5) is 0 Å². The van der Waals surface area contributed by atoms with E-state index in [0.717, 1.165) is 5.56 Å². The second-order valence-corrected chi connectivity index (χ2v) is 5.03. The molecule has 0 aliphatic carbocycles. The molecule has 13 heavy (non-hydrogen) atoms. The number of halogens is 2. The normalized spacial score (nSPS) is 11.5. The van der Waals surface area contributed by atoms with Crippen LogP contribution in [0.5, 0.6) is 0 Å². The zero-order valence-electron chi connectivity index (χ0n) is 6.52. The van der Waals surface area contributed by atoms with Crippen LogP contribution in [-0.2, 0) is 18.9 Å². The third kappa shape index (κ3) is 3.29. The average Bonchev–Trinajstić information content (AvgIpc) is 2.19. The summed E-state index contributed by atoms with van der Waals surface area (Å²) in [6, 6.07) is 9.01. The molecule has 72 valence electrons. The van der Waals surface area contributed by atoms with Crippen molar-refractivity contribution in [1.82, 2.24) is 0 Å². The largest absolute Gasteiger partial charge is 0.367 e. The highest BCUT2D eigenvalue weighted by Gasteiger charge is 2.24. The molecule has 0 N–H and O–H groups in total. The van der Waals surface area contributed by atoms with Crippen LogP contribution in [-0.4, -0.2) is 0 Å². The van der Waals surface area contributed by atoms with E-state index in [2.05, 4.69) is 8.15 Å². The maximum atomic E-state index is 11.4. The summed E-state index contributed by atoms with van der Waals surface area (Å²) in [7, 11) is -3.37. The predicted octanol–water partition coefficient (Wildman–Crippen LogP) is 3.72. The monoisotopic (exact) mass is 240 g/mol. The van der Waals surface area contributed by atoms with Crippen LogP contribution >= 0.6 is 31.3 Å². The van der Waals surface area contributed by atoms with Gasteiger partial charge in [-0.25, -0.2) is 0 Å². The summed E-state index contributed by atoms with van der Waals surface area (Å²) in [6.45, 7) is 0. The topological polar surface area (TPSA) is 35.5 Å². The average molecular weight is 241 g/mol. The van der Waals surface area contributed by atoms with Gasteiger partial charge in [-0.05, 0) is 5.56 Å². The standard InChI is InChI=1S/C7H7Cl2O3P/c8-11-13(10,12-9)6-7-4-2-1-3-5-7/h1-5H,6H2. The fourth-order valence-corrected chi connectivity index (χ4v) is 2.19. The van der Waals surface area contributed by atoms with Gasteiger partial charge in [0, 0.05) is 0 Å². The van der Waals surface area contributed by atoms with Gasteiger partial charge in [0.2, 0.25) is 0 Å². The smallest absolute Gasteiger partial charge is 0.257 e. The lowest BCUT2D eigenvalue weighted by atomic mass is 10.2. The van der Waals surface area contributed by atoms with Gasteiger partial charge in [-0.2, -0.15) is 8.15 Å². The fourth-order valence-electron chi connectivity index (χ4n) is 0.866. The second kappa shape index (κ2) is 4.99. The quantitative estimate of drug-likeness (QED) is 0.753. The molecule has 0 aliphatic heterocycles. The Morgan fingerprint density at radius 2 is 1.69 bits per heavy atom. The van der Waals surface area contributed by atoms with Crippen LogP contribution in [0.1, 0.15) is 5.56 Å². The Bertz CT molecular complexity index is 296. The molecule has 0 amide bonds. The number of benzene rings is 1. The van der Waals surface area contributed by atoms with E-state index in [4.69, 9.17) is 23.7 Å². The molecular weight excluding hydrogens is 234 g/mol. The van der Waals surface area contributed by atoms with Crippen molar-refractivity contribution in [2.75, 3.05) is 0 Å². The molecule has 0 atom stereocenters. The van der Waals surface area contributed by atoms with Crippen molar-refractivity contribution in [3.8, 4) is 0 Å². The highest BCUT2D eigenvalue weighted by atomic mass is 35.5. The highest BCUT2D eigenvalue weighted by molar-refractivity contribution is 7.54. The molecule has 1 aromatic carbocycles. The van der Waals surface area contributed by atoms with Crippen molar-refractivity contribution in [3.63, 3.8) is 0 Å². The third-order valence-corrected chi connectivity index (χ3v) is 3.86. The zero-order valence-corrected chi connectivity index (χ0v) is 8.93. The van der Waals surface area contributed by atoms with Crippen molar-refractivity contribution in [2.24, 2.45) is 0 Å². The number of rotatable bonds is 4. The van der Waals surface area contributed by atoms with E-state index in [1.807, 2.05) is 18.2 Å². The first-order valence-electron chi connectivity index (χ1n) is 3.44. The van der Waals surface area contributed by atoms with Gasteiger partial charge in [-0.1, -0.05) is 30.3 Å². The van der Waals surface area contributed by atoms with Crippen molar-refractivity contribution < 1.29 is 12.7 Å². The minimum absolute atomic E-state index is 0.0564. The van der Waals surface area contributed by atoms with Gasteiger partial charge in [-0.15, -0.1) is 0 Å². The van der Waals surface area contributed by atoms with E-state index >= 15 is 0 Å². The molecule has 0 heterocycles. The summed E-state index contributed by atoms with van der Waals surface area (Å²) in [4.78, 5) is 0. The summed E-state index contributed by atoms with van der Waals surface area (Å²) in [6.07, 6.45) is 0.0564. The Morgan fingerprint density at radius 1 is 1.15 bits per heavy atom. The summed E-state index contributed by atoms with van der Waals surface area (Å²) in [5.41, 5.74) is 0.784. The molecule has 0 spiro atoms. The van der Waals surface area contributed by atoms with Crippen LogP contribution < -0.4 is 0 Å².